The zero-order valence-electron chi connectivity index (χ0n) is 16.8. The van der Waals surface area contributed by atoms with Gasteiger partial charge in [0.2, 0.25) is 11.9 Å². The van der Waals surface area contributed by atoms with Crippen LogP contribution >= 0.6 is 11.8 Å². The number of aromatic nitrogens is 3. The molecule has 3 amide bonds. The van der Waals surface area contributed by atoms with Crippen LogP contribution in [0.15, 0.2) is 24.3 Å². The van der Waals surface area contributed by atoms with E-state index in [2.05, 4.69) is 31.1 Å². The van der Waals surface area contributed by atoms with E-state index in [1.54, 1.807) is 7.11 Å². The quantitative estimate of drug-likeness (QED) is 0.357. The Morgan fingerprint density at radius 1 is 1.27 bits per heavy atom. The number of amides is 3. The molecule has 2 aliphatic heterocycles. The molecule has 2 saturated heterocycles. The Labute approximate surface area is 179 Å². The maximum Gasteiger partial charge on any atom is 0.315 e. The molecule has 2 fully saturated rings. The summed E-state index contributed by atoms with van der Waals surface area (Å²) in [6.07, 6.45) is 3.76. The van der Waals surface area contributed by atoms with Crippen LogP contribution in [0, 0.1) is 0 Å². The Hall–Kier alpha value is -2.75. The number of nitrogens with one attached hydrogen (secondary N) is 4. The number of carbonyl (C=O) groups is 2. The third kappa shape index (κ3) is 5.05. The van der Waals surface area contributed by atoms with Crippen LogP contribution in [0.5, 0.6) is 5.75 Å². The van der Waals surface area contributed by atoms with E-state index < -0.39 is 0 Å². The molecule has 0 spiro atoms. The summed E-state index contributed by atoms with van der Waals surface area (Å²) in [7, 11) is 1.63. The van der Waals surface area contributed by atoms with Crippen LogP contribution in [-0.4, -0.2) is 57.3 Å². The molecule has 3 atom stereocenters. The van der Waals surface area contributed by atoms with E-state index in [0.29, 0.717) is 29.9 Å². The smallest absolute Gasteiger partial charge is 0.315 e. The van der Waals surface area contributed by atoms with Gasteiger partial charge in [-0.15, -0.1) is 5.10 Å². The number of anilines is 1. The predicted molar refractivity (Wildman–Crippen MR) is 115 cm³/mol. The number of H-pyrrole nitrogens is 1. The molecular weight excluding hydrogens is 404 g/mol. The highest BCUT2D eigenvalue weighted by molar-refractivity contribution is 8.00. The van der Waals surface area contributed by atoms with Crippen molar-refractivity contribution in [3.63, 3.8) is 0 Å². The van der Waals surface area contributed by atoms with Gasteiger partial charge in [0.15, 0.2) is 0 Å². The van der Waals surface area contributed by atoms with Gasteiger partial charge >= 0.3 is 6.03 Å². The van der Waals surface area contributed by atoms with Gasteiger partial charge in [-0.25, -0.2) is 4.79 Å². The van der Waals surface area contributed by atoms with Crippen molar-refractivity contribution < 1.29 is 14.3 Å². The third-order valence-corrected chi connectivity index (χ3v) is 6.90. The second-order valence-corrected chi connectivity index (χ2v) is 8.82. The van der Waals surface area contributed by atoms with Gasteiger partial charge in [-0.1, -0.05) is 18.6 Å². The summed E-state index contributed by atoms with van der Waals surface area (Å²) < 4.78 is 5.16. The predicted octanol–water partition coefficient (Wildman–Crippen LogP) is 2.07. The number of unbranched alkanes of at least 4 members (excludes halogenated alkanes) is 1. The first-order valence-corrected chi connectivity index (χ1v) is 11.2. The maximum atomic E-state index is 12.2. The van der Waals surface area contributed by atoms with E-state index in [-0.39, 0.29) is 24.0 Å². The Kier molecular flexibility index (Phi) is 6.41. The first-order valence-electron chi connectivity index (χ1n) is 10.1. The number of urea groups is 1. The molecule has 2 aromatic rings. The van der Waals surface area contributed by atoms with Crippen molar-refractivity contribution in [1.82, 2.24) is 25.8 Å². The molecule has 0 unspecified atom stereocenters. The molecule has 1 aromatic carbocycles. The van der Waals surface area contributed by atoms with Gasteiger partial charge in [0.1, 0.15) is 11.6 Å². The summed E-state index contributed by atoms with van der Waals surface area (Å²) in [6.45, 7) is 0. The number of hydrogen-bond acceptors (Lipinski definition) is 6. The molecule has 0 aliphatic carbocycles. The van der Waals surface area contributed by atoms with Gasteiger partial charge in [0.25, 0.3) is 0 Å². The fraction of sp³-hybridized carbons (Fsp3) is 0.500. The maximum absolute atomic E-state index is 12.2. The van der Waals surface area contributed by atoms with Crippen molar-refractivity contribution in [3.8, 4) is 5.75 Å². The minimum Gasteiger partial charge on any atom is -0.497 e. The van der Waals surface area contributed by atoms with E-state index in [4.69, 9.17) is 4.74 Å². The van der Waals surface area contributed by atoms with Crippen molar-refractivity contribution in [2.75, 3.05) is 18.2 Å². The lowest BCUT2D eigenvalue weighted by Crippen LogP contribution is -2.36. The van der Waals surface area contributed by atoms with Crippen LogP contribution in [0.1, 0.15) is 37.1 Å². The van der Waals surface area contributed by atoms with Crippen molar-refractivity contribution in [2.45, 2.75) is 49.4 Å². The van der Waals surface area contributed by atoms with E-state index in [1.165, 1.54) is 0 Å². The SMILES string of the molecule is COc1ccc(Cc2nc(NC(=O)CCCC[C@@H]3SC[C@@H]4NC(=O)N[C@@H]43)n[nH]2)cc1. The third-order valence-electron chi connectivity index (χ3n) is 5.39. The van der Waals surface area contributed by atoms with Gasteiger partial charge in [-0.3, -0.25) is 15.2 Å². The first kappa shape index (κ1) is 20.5. The molecule has 1 aromatic heterocycles. The van der Waals surface area contributed by atoms with Crippen molar-refractivity contribution in [3.05, 3.63) is 35.7 Å². The van der Waals surface area contributed by atoms with Crippen LogP contribution in [0.4, 0.5) is 10.7 Å². The number of thioether (sulfide) groups is 1. The normalized spacial score (nSPS) is 22.3. The minimum absolute atomic E-state index is 0.0625. The van der Waals surface area contributed by atoms with Gasteiger partial charge in [0, 0.05) is 23.8 Å². The lowest BCUT2D eigenvalue weighted by atomic mass is 10.0. The van der Waals surface area contributed by atoms with Crippen molar-refractivity contribution >= 4 is 29.6 Å². The molecule has 0 saturated carbocycles. The summed E-state index contributed by atoms with van der Waals surface area (Å²) in [6, 6.07) is 8.13. The fourth-order valence-corrected chi connectivity index (χ4v) is 5.37. The summed E-state index contributed by atoms with van der Waals surface area (Å²) >= 11 is 1.89. The van der Waals surface area contributed by atoms with Crippen LogP contribution in [-0.2, 0) is 11.2 Å². The van der Waals surface area contributed by atoms with E-state index >= 15 is 0 Å². The van der Waals surface area contributed by atoms with Crippen LogP contribution < -0.4 is 20.7 Å². The number of carbonyl (C=O) groups excluding carboxylic acids is 2. The molecule has 4 rings (SSSR count). The summed E-state index contributed by atoms with van der Waals surface area (Å²) in [4.78, 5) is 27.9. The topological polar surface area (TPSA) is 121 Å². The average Bonchev–Trinajstić information content (AvgIpc) is 3.42. The number of fused-ring (bicyclic) bond motifs is 1. The molecular formula is C20H26N6O3S. The van der Waals surface area contributed by atoms with Crippen molar-refractivity contribution in [2.24, 2.45) is 0 Å². The Morgan fingerprint density at radius 3 is 2.90 bits per heavy atom. The van der Waals surface area contributed by atoms with E-state index in [0.717, 1.165) is 36.3 Å². The molecule has 2 aliphatic rings. The number of hydrogen-bond donors (Lipinski definition) is 4. The zero-order valence-corrected chi connectivity index (χ0v) is 17.6. The number of methoxy groups -OCH3 is 1. The van der Waals surface area contributed by atoms with E-state index in [1.807, 2.05) is 36.0 Å². The zero-order chi connectivity index (χ0) is 20.9. The molecule has 10 heteroatoms. The number of aromatic amines is 1. The molecule has 30 heavy (non-hydrogen) atoms. The highest BCUT2D eigenvalue weighted by Gasteiger charge is 2.42. The molecule has 0 radical (unpaired) electrons. The van der Waals surface area contributed by atoms with E-state index in [9.17, 15) is 9.59 Å². The first-order chi connectivity index (χ1) is 14.6. The van der Waals surface area contributed by atoms with Gasteiger partial charge in [-0.05, 0) is 30.5 Å². The Bertz CT molecular complexity index is 887. The van der Waals surface area contributed by atoms with Crippen LogP contribution in [0.3, 0.4) is 0 Å². The summed E-state index contributed by atoms with van der Waals surface area (Å²) in [5.74, 6) is 2.67. The lowest BCUT2D eigenvalue weighted by molar-refractivity contribution is -0.116. The standard InChI is InChI=1S/C20H26N6O3S/c1-29-13-8-6-12(7-9-13)10-16-22-19(26-25-16)23-17(27)5-3-2-4-15-18-14(11-30-15)21-20(28)24-18/h6-9,14-15,18H,2-5,10-11H2,1H3,(H2,21,24,28)(H2,22,23,25,26,27)/t14-,15-,18-/m0/s1. The van der Waals surface area contributed by atoms with Crippen molar-refractivity contribution in [1.29, 1.82) is 0 Å². The molecule has 4 N–H and O–H groups in total. The monoisotopic (exact) mass is 430 g/mol. The fourth-order valence-electron chi connectivity index (χ4n) is 3.83. The van der Waals surface area contributed by atoms with Gasteiger partial charge in [0.05, 0.1) is 19.2 Å². The number of benzene rings is 1. The number of rotatable bonds is 9. The molecule has 160 valence electrons. The largest absolute Gasteiger partial charge is 0.497 e. The molecule has 9 nitrogen and oxygen atoms in total. The van der Waals surface area contributed by atoms with Gasteiger partial charge in [-0.2, -0.15) is 16.7 Å². The Morgan fingerprint density at radius 2 is 2.10 bits per heavy atom. The highest BCUT2D eigenvalue weighted by Crippen LogP contribution is 2.33. The second-order valence-electron chi connectivity index (χ2n) is 7.55. The van der Waals surface area contributed by atoms with Crippen LogP contribution in [0.25, 0.3) is 0 Å². The number of ether oxygens (including phenoxy) is 1. The minimum atomic E-state index is -0.0854. The Balaban J connectivity index is 1.16. The van der Waals surface area contributed by atoms with Gasteiger partial charge < -0.3 is 15.4 Å². The average molecular weight is 431 g/mol. The molecule has 3 heterocycles. The second kappa shape index (κ2) is 9.38. The number of nitrogens with zero attached hydrogens (tertiary/aromatic N) is 2. The highest BCUT2D eigenvalue weighted by atomic mass is 32.2. The van der Waals surface area contributed by atoms with Crippen LogP contribution in [0.2, 0.25) is 0 Å². The summed E-state index contributed by atoms with van der Waals surface area (Å²) in [5, 5.41) is 16.1. The lowest BCUT2D eigenvalue weighted by Gasteiger charge is -2.16. The molecule has 0 bridgehead atoms. The summed E-state index contributed by atoms with van der Waals surface area (Å²) in [5.41, 5.74) is 1.07.